The van der Waals surface area contributed by atoms with E-state index in [2.05, 4.69) is 17.1 Å². The summed E-state index contributed by atoms with van der Waals surface area (Å²) in [5.74, 6) is 0.962. The van der Waals surface area contributed by atoms with Crippen molar-refractivity contribution in [1.29, 1.82) is 0 Å². The molecule has 1 aromatic heterocycles. The first-order valence-corrected chi connectivity index (χ1v) is 9.11. The molecular weight excluding hydrogens is 364 g/mol. The van der Waals surface area contributed by atoms with Crippen LogP contribution in [0, 0.1) is 0 Å². The quantitative estimate of drug-likeness (QED) is 0.636. The zero-order valence-corrected chi connectivity index (χ0v) is 15.6. The van der Waals surface area contributed by atoms with Crippen LogP contribution in [-0.2, 0) is 29.0 Å². The van der Waals surface area contributed by atoms with E-state index in [0.29, 0.717) is 36.2 Å². The number of hydrogen-bond acceptors (Lipinski definition) is 5. The van der Waals surface area contributed by atoms with Crippen molar-refractivity contribution in [2.45, 2.75) is 25.6 Å². The predicted molar refractivity (Wildman–Crippen MR) is 102 cm³/mol. The van der Waals surface area contributed by atoms with Crippen molar-refractivity contribution >= 4 is 17.6 Å². The summed E-state index contributed by atoms with van der Waals surface area (Å²) >= 11 is 6.05. The molecule has 5 nitrogen and oxygen atoms in total. The molecule has 1 unspecified atom stereocenters. The summed E-state index contributed by atoms with van der Waals surface area (Å²) < 4.78 is 10.9. The standard InChI is InChI=1S/C21H19ClN2O3/c1-26-21(25)18-10-14-5-2-3-6-16(14)12-24(18)13-20-23-11-19(27-20)15-7-4-8-17(22)9-15/h2-9,11,18H,10,12-13H2,1H3. The van der Waals surface area contributed by atoms with Gasteiger partial charge in [0.05, 0.1) is 19.9 Å². The maximum Gasteiger partial charge on any atom is 0.323 e. The lowest BCUT2D eigenvalue weighted by Crippen LogP contribution is -2.45. The Labute approximate surface area is 162 Å². The molecule has 0 fully saturated rings. The molecule has 4 rings (SSSR count). The molecule has 0 aliphatic carbocycles. The topological polar surface area (TPSA) is 55.6 Å². The number of rotatable bonds is 4. The highest BCUT2D eigenvalue weighted by atomic mass is 35.5. The van der Waals surface area contributed by atoms with Crippen LogP contribution in [0.2, 0.25) is 5.02 Å². The molecule has 0 saturated carbocycles. The van der Waals surface area contributed by atoms with Gasteiger partial charge in [0.2, 0.25) is 5.89 Å². The van der Waals surface area contributed by atoms with Gasteiger partial charge in [-0.2, -0.15) is 0 Å². The van der Waals surface area contributed by atoms with Gasteiger partial charge in [-0.15, -0.1) is 0 Å². The lowest BCUT2D eigenvalue weighted by Gasteiger charge is -2.34. The van der Waals surface area contributed by atoms with Crippen molar-refractivity contribution in [1.82, 2.24) is 9.88 Å². The maximum atomic E-state index is 12.3. The molecular formula is C21H19ClN2O3. The van der Waals surface area contributed by atoms with Crippen LogP contribution in [0.3, 0.4) is 0 Å². The molecule has 0 radical (unpaired) electrons. The SMILES string of the molecule is COC(=O)C1Cc2ccccc2CN1Cc1ncc(-c2cccc(Cl)c2)o1. The summed E-state index contributed by atoms with van der Waals surface area (Å²) in [4.78, 5) is 18.7. The van der Waals surface area contributed by atoms with Crippen molar-refractivity contribution in [2.24, 2.45) is 0 Å². The van der Waals surface area contributed by atoms with E-state index >= 15 is 0 Å². The van der Waals surface area contributed by atoms with Crippen molar-refractivity contribution < 1.29 is 13.9 Å². The van der Waals surface area contributed by atoms with Crippen molar-refractivity contribution in [3.05, 3.63) is 76.8 Å². The fraction of sp³-hybridized carbons (Fsp3) is 0.238. The molecule has 1 aliphatic heterocycles. The van der Waals surface area contributed by atoms with E-state index in [4.69, 9.17) is 20.8 Å². The Morgan fingerprint density at radius 2 is 2.07 bits per heavy atom. The number of nitrogens with zero attached hydrogens (tertiary/aromatic N) is 2. The summed E-state index contributed by atoms with van der Waals surface area (Å²) in [6.07, 6.45) is 2.30. The number of esters is 1. The average Bonchev–Trinajstić information content (AvgIpc) is 3.15. The van der Waals surface area contributed by atoms with Crippen molar-refractivity contribution in [2.75, 3.05) is 7.11 Å². The van der Waals surface area contributed by atoms with Gasteiger partial charge in [-0.25, -0.2) is 4.98 Å². The Kier molecular flexibility index (Phi) is 4.97. The van der Waals surface area contributed by atoms with Crippen LogP contribution in [0.4, 0.5) is 0 Å². The molecule has 3 aromatic rings. The van der Waals surface area contributed by atoms with E-state index in [1.807, 2.05) is 41.3 Å². The fourth-order valence-electron chi connectivity index (χ4n) is 3.44. The van der Waals surface area contributed by atoms with Gasteiger partial charge in [-0.1, -0.05) is 48.0 Å². The number of halogens is 1. The minimum Gasteiger partial charge on any atom is -0.468 e. The van der Waals surface area contributed by atoms with Crippen LogP contribution in [-0.4, -0.2) is 29.0 Å². The number of benzene rings is 2. The number of hydrogen-bond donors (Lipinski definition) is 0. The molecule has 27 heavy (non-hydrogen) atoms. The molecule has 6 heteroatoms. The third kappa shape index (κ3) is 3.75. The molecule has 2 aromatic carbocycles. The highest BCUT2D eigenvalue weighted by Gasteiger charge is 2.33. The molecule has 0 bridgehead atoms. The smallest absolute Gasteiger partial charge is 0.323 e. The summed E-state index contributed by atoms with van der Waals surface area (Å²) in [6, 6.07) is 15.2. The van der Waals surface area contributed by atoms with E-state index in [-0.39, 0.29) is 12.0 Å². The van der Waals surface area contributed by atoms with E-state index in [9.17, 15) is 4.79 Å². The maximum absolute atomic E-state index is 12.3. The van der Waals surface area contributed by atoms with Gasteiger partial charge in [-0.3, -0.25) is 9.69 Å². The third-order valence-corrected chi connectivity index (χ3v) is 5.06. The largest absolute Gasteiger partial charge is 0.468 e. The van der Waals surface area contributed by atoms with Gasteiger partial charge in [0.1, 0.15) is 6.04 Å². The Morgan fingerprint density at radius 3 is 2.85 bits per heavy atom. The Bertz CT molecular complexity index is 969. The van der Waals surface area contributed by atoms with Crippen molar-refractivity contribution in [3.63, 3.8) is 0 Å². The van der Waals surface area contributed by atoms with E-state index in [1.54, 1.807) is 6.20 Å². The van der Waals surface area contributed by atoms with Crippen LogP contribution in [0.15, 0.2) is 59.1 Å². The second-order valence-corrected chi connectivity index (χ2v) is 6.98. The number of ether oxygens (including phenoxy) is 1. The van der Waals surface area contributed by atoms with E-state index in [1.165, 1.54) is 18.2 Å². The van der Waals surface area contributed by atoms with E-state index < -0.39 is 0 Å². The number of fused-ring (bicyclic) bond motifs is 1. The monoisotopic (exact) mass is 382 g/mol. The minimum absolute atomic E-state index is 0.244. The molecule has 0 spiro atoms. The number of methoxy groups -OCH3 is 1. The normalized spacial score (nSPS) is 16.7. The van der Waals surface area contributed by atoms with Gasteiger partial charge in [0.15, 0.2) is 5.76 Å². The van der Waals surface area contributed by atoms with Gasteiger partial charge in [0, 0.05) is 17.1 Å². The second-order valence-electron chi connectivity index (χ2n) is 6.55. The number of oxazole rings is 1. The Morgan fingerprint density at radius 1 is 1.26 bits per heavy atom. The molecule has 2 heterocycles. The molecule has 1 atom stereocenters. The summed E-state index contributed by atoms with van der Waals surface area (Å²) in [5.41, 5.74) is 3.25. The number of carbonyl (C=O) groups is 1. The van der Waals surface area contributed by atoms with E-state index in [0.717, 1.165) is 5.56 Å². The first-order chi connectivity index (χ1) is 13.1. The molecule has 0 amide bonds. The van der Waals surface area contributed by atoms with Crippen LogP contribution in [0.25, 0.3) is 11.3 Å². The highest BCUT2D eigenvalue weighted by Crippen LogP contribution is 2.27. The Hall–Kier alpha value is -2.63. The van der Waals surface area contributed by atoms with Gasteiger partial charge in [-0.05, 0) is 29.7 Å². The van der Waals surface area contributed by atoms with Gasteiger partial charge < -0.3 is 9.15 Å². The Balaban J connectivity index is 1.58. The minimum atomic E-state index is -0.355. The molecule has 0 saturated heterocycles. The predicted octanol–water partition coefficient (Wildman–Crippen LogP) is 4.09. The average molecular weight is 383 g/mol. The first-order valence-electron chi connectivity index (χ1n) is 8.73. The summed E-state index contributed by atoms with van der Waals surface area (Å²) in [6.45, 7) is 1.07. The van der Waals surface area contributed by atoms with Crippen LogP contribution in [0.5, 0.6) is 0 Å². The third-order valence-electron chi connectivity index (χ3n) is 4.82. The highest BCUT2D eigenvalue weighted by molar-refractivity contribution is 6.30. The van der Waals surface area contributed by atoms with Crippen LogP contribution in [0.1, 0.15) is 17.0 Å². The number of aromatic nitrogens is 1. The lowest BCUT2D eigenvalue weighted by molar-refractivity contribution is -0.148. The zero-order chi connectivity index (χ0) is 18.8. The first kappa shape index (κ1) is 17.8. The summed E-state index contributed by atoms with van der Waals surface area (Å²) in [5, 5.41) is 0.642. The fourth-order valence-corrected chi connectivity index (χ4v) is 3.63. The zero-order valence-electron chi connectivity index (χ0n) is 14.9. The number of carbonyl (C=O) groups excluding carboxylic acids is 1. The lowest BCUT2D eigenvalue weighted by atomic mass is 9.94. The molecule has 1 aliphatic rings. The van der Waals surface area contributed by atoms with Gasteiger partial charge >= 0.3 is 5.97 Å². The second kappa shape index (κ2) is 7.55. The molecule has 138 valence electrons. The molecule has 0 N–H and O–H groups in total. The van der Waals surface area contributed by atoms with Crippen LogP contribution < -0.4 is 0 Å². The van der Waals surface area contributed by atoms with Crippen LogP contribution >= 0.6 is 11.6 Å². The summed E-state index contributed by atoms with van der Waals surface area (Å²) in [7, 11) is 1.42. The van der Waals surface area contributed by atoms with Gasteiger partial charge in [0.25, 0.3) is 0 Å². The van der Waals surface area contributed by atoms with Crippen molar-refractivity contribution in [3.8, 4) is 11.3 Å².